The Morgan fingerprint density at radius 1 is 0.962 bits per heavy atom. The molecule has 14 heteroatoms. The number of amides is 2. The summed E-state index contributed by atoms with van der Waals surface area (Å²) in [4.78, 5) is 79.9. The Hall–Kier alpha value is -4.35. The second-order valence-corrected chi connectivity index (χ2v) is 15.3. The molecule has 13 nitrogen and oxygen atoms in total. The van der Waals surface area contributed by atoms with Crippen LogP contribution in [-0.4, -0.2) is 95.6 Å². The van der Waals surface area contributed by atoms with Gasteiger partial charge in [0.1, 0.15) is 30.5 Å². The number of esters is 2. The van der Waals surface area contributed by atoms with Crippen molar-refractivity contribution in [3.05, 3.63) is 52.6 Å². The maximum atomic E-state index is 13.7. The Morgan fingerprint density at radius 2 is 1.73 bits per heavy atom. The minimum absolute atomic E-state index is 0.169. The molecular formula is C38H46N3O10P. The molecule has 7 atom stereocenters. The lowest BCUT2D eigenvalue weighted by Gasteiger charge is -2.33. The molecule has 6 rings (SSSR count). The van der Waals surface area contributed by atoms with Crippen LogP contribution < -0.4 is 10.1 Å². The third-order valence-corrected chi connectivity index (χ3v) is 11.1. The first kappa shape index (κ1) is 37.4. The summed E-state index contributed by atoms with van der Waals surface area (Å²) in [6.07, 6.45) is 0.623. The van der Waals surface area contributed by atoms with Crippen molar-refractivity contribution >= 4 is 44.9 Å². The minimum Gasteiger partial charge on any atom is -0.488 e. The quantitative estimate of drug-likeness (QED) is 0.170. The number of methoxy groups -OCH3 is 1. The van der Waals surface area contributed by atoms with Crippen LogP contribution in [0.25, 0.3) is 11.1 Å². The largest absolute Gasteiger partial charge is 0.488 e. The van der Waals surface area contributed by atoms with Gasteiger partial charge in [0.25, 0.3) is 0 Å². The van der Waals surface area contributed by atoms with E-state index in [0.717, 1.165) is 28.8 Å². The highest BCUT2D eigenvalue weighted by Gasteiger charge is 2.45. The Bertz CT molecular complexity index is 1800. The zero-order valence-electron chi connectivity index (χ0n) is 30.1. The van der Waals surface area contributed by atoms with Crippen molar-refractivity contribution in [2.75, 3.05) is 20.3 Å². The van der Waals surface area contributed by atoms with Crippen molar-refractivity contribution in [2.24, 2.45) is 11.8 Å². The normalized spacial score (nSPS) is 24.2. The molecule has 2 unspecified atom stereocenters. The van der Waals surface area contributed by atoms with Gasteiger partial charge in [0.15, 0.2) is 18.5 Å². The van der Waals surface area contributed by atoms with Crippen LogP contribution in [0.15, 0.2) is 30.3 Å². The summed E-state index contributed by atoms with van der Waals surface area (Å²) >= 11 is 0. The number of aryl methyl sites for hydroxylation is 1. The number of fused-ring (bicyclic) bond motifs is 4. The molecule has 1 aliphatic carbocycles. The SMILES string of the molecule is COC(=O)N[C@H](C(=O)N1[C@@H](C)CC[C@H]1C(=O)OC1CCc2cc3c(cc2C1=O)OCc1cc(C(=O)COC(=O)[C@@H]2C[C@H](C)CN2P)ccc1-3)C(C)C. The molecule has 2 amide bonds. The molecule has 52 heavy (non-hydrogen) atoms. The number of rotatable bonds is 9. The maximum absolute atomic E-state index is 13.7. The monoisotopic (exact) mass is 735 g/mol. The van der Waals surface area contributed by atoms with Gasteiger partial charge in [-0.2, -0.15) is 0 Å². The number of nitrogens with one attached hydrogen (secondary N) is 1. The topological polar surface area (TPSA) is 158 Å². The highest BCUT2D eigenvalue weighted by Crippen LogP contribution is 2.42. The van der Waals surface area contributed by atoms with E-state index < -0.39 is 42.1 Å². The molecule has 2 fully saturated rings. The summed E-state index contributed by atoms with van der Waals surface area (Å²) < 4.78 is 23.8. The molecule has 3 aliphatic heterocycles. The Kier molecular flexibility index (Phi) is 11.0. The lowest BCUT2D eigenvalue weighted by molar-refractivity contribution is -0.158. The van der Waals surface area contributed by atoms with E-state index in [2.05, 4.69) is 21.6 Å². The first-order valence-corrected chi connectivity index (χ1v) is 18.3. The second-order valence-electron chi connectivity index (χ2n) is 14.6. The van der Waals surface area contributed by atoms with E-state index in [1.807, 2.05) is 23.7 Å². The van der Waals surface area contributed by atoms with E-state index in [1.165, 1.54) is 12.0 Å². The molecule has 278 valence electrons. The fourth-order valence-corrected chi connectivity index (χ4v) is 8.29. The molecular weight excluding hydrogens is 689 g/mol. The van der Waals surface area contributed by atoms with E-state index in [9.17, 15) is 28.8 Å². The van der Waals surface area contributed by atoms with Gasteiger partial charge in [0.2, 0.25) is 11.7 Å². The molecule has 4 aliphatic rings. The fraction of sp³-hybridized carbons (Fsp3) is 0.526. The van der Waals surface area contributed by atoms with Gasteiger partial charge >= 0.3 is 18.0 Å². The van der Waals surface area contributed by atoms with Gasteiger partial charge < -0.3 is 29.2 Å². The van der Waals surface area contributed by atoms with Crippen LogP contribution in [0.1, 0.15) is 85.2 Å². The van der Waals surface area contributed by atoms with Gasteiger partial charge in [-0.1, -0.05) is 42.3 Å². The Labute approximate surface area is 305 Å². The highest BCUT2D eigenvalue weighted by molar-refractivity contribution is 7.13. The van der Waals surface area contributed by atoms with Crippen molar-refractivity contribution < 1.29 is 47.7 Å². The molecule has 2 saturated heterocycles. The number of ketones is 2. The van der Waals surface area contributed by atoms with Gasteiger partial charge in [0, 0.05) is 29.3 Å². The first-order valence-electron chi connectivity index (χ1n) is 17.8. The lowest BCUT2D eigenvalue weighted by atomic mass is 9.84. The minimum atomic E-state index is -1.02. The van der Waals surface area contributed by atoms with Crippen LogP contribution in [0.5, 0.6) is 5.75 Å². The number of hydrogen-bond donors (Lipinski definition) is 1. The number of benzene rings is 2. The average molecular weight is 736 g/mol. The highest BCUT2D eigenvalue weighted by atomic mass is 31.0. The first-order chi connectivity index (χ1) is 24.8. The number of Topliss-reactive ketones (excluding diaryl/α,β-unsaturated/α-hetero) is 2. The van der Waals surface area contributed by atoms with Crippen molar-refractivity contribution in [2.45, 2.75) is 96.7 Å². The van der Waals surface area contributed by atoms with Gasteiger partial charge in [0.05, 0.1) is 7.11 Å². The summed E-state index contributed by atoms with van der Waals surface area (Å²) in [6.45, 7) is 8.09. The van der Waals surface area contributed by atoms with Crippen molar-refractivity contribution in [3.63, 3.8) is 0 Å². The summed E-state index contributed by atoms with van der Waals surface area (Å²) in [5.41, 5.74) is 4.08. The van der Waals surface area contributed by atoms with E-state index in [0.29, 0.717) is 48.5 Å². The number of likely N-dealkylation sites (tertiary alicyclic amines) is 1. The molecule has 0 bridgehead atoms. The van der Waals surface area contributed by atoms with E-state index in [-0.39, 0.29) is 49.2 Å². The number of carbonyl (C=O) groups excluding carboxylic acids is 6. The number of hydrogen-bond acceptors (Lipinski definition) is 11. The third kappa shape index (κ3) is 7.43. The van der Waals surface area contributed by atoms with Crippen molar-refractivity contribution in [1.82, 2.24) is 14.9 Å². The zero-order chi connectivity index (χ0) is 37.4. The molecule has 1 N–H and O–H groups in total. The van der Waals surface area contributed by atoms with Gasteiger partial charge in [-0.25, -0.2) is 9.59 Å². The Balaban J connectivity index is 1.12. The summed E-state index contributed by atoms with van der Waals surface area (Å²) in [7, 11) is 3.77. The molecule has 2 aromatic carbocycles. The summed E-state index contributed by atoms with van der Waals surface area (Å²) in [6, 6.07) is 6.48. The van der Waals surface area contributed by atoms with E-state index >= 15 is 0 Å². The van der Waals surface area contributed by atoms with Crippen LogP contribution in [-0.2, 0) is 41.6 Å². The summed E-state index contributed by atoms with van der Waals surface area (Å²) in [5.74, 6) is -1.49. The Morgan fingerprint density at radius 3 is 2.42 bits per heavy atom. The predicted octanol–water partition coefficient (Wildman–Crippen LogP) is 4.27. The molecule has 0 spiro atoms. The molecule has 2 aromatic rings. The van der Waals surface area contributed by atoms with Gasteiger partial charge in [-0.05, 0) is 85.8 Å². The van der Waals surface area contributed by atoms with Crippen molar-refractivity contribution in [3.8, 4) is 16.9 Å². The molecule has 0 radical (unpaired) electrons. The van der Waals surface area contributed by atoms with Crippen LogP contribution in [0.4, 0.5) is 4.79 Å². The van der Waals surface area contributed by atoms with Crippen LogP contribution in [0, 0.1) is 11.8 Å². The van der Waals surface area contributed by atoms with Gasteiger partial charge in [-0.15, -0.1) is 0 Å². The molecule has 0 saturated carbocycles. The maximum Gasteiger partial charge on any atom is 0.407 e. The predicted molar refractivity (Wildman–Crippen MR) is 192 cm³/mol. The third-order valence-electron chi connectivity index (χ3n) is 10.6. The van der Waals surface area contributed by atoms with Crippen LogP contribution >= 0.6 is 9.39 Å². The standard InChI is InChI=1S/C38H46N3O10P/c1-19(2)33(39-38(47)48-5)35(44)41-21(4)6-10-28(41)37(46)51-31-11-8-22-14-27-25-9-7-23(13-24(25)17-49-32(27)15-26(22)34(31)43)30(42)18-50-36(45)29-12-20(3)16-40(29)52/h7,9,13-15,19-21,28-29,31,33H,6,8,10-12,16-18,52H2,1-5H3,(H,39,47)/t20-,21-,28-,29-,31?,33-/m0/s1. The zero-order valence-corrected chi connectivity index (χ0v) is 31.3. The van der Waals surface area contributed by atoms with Crippen LogP contribution in [0.2, 0.25) is 0 Å². The number of alkyl carbamates (subject to hydrolysis) is 1. The number of nitrogens with zero attached hydrogens (tertiary/aromatic N) is 2. The van der Waals surface area contributed by atoms with Gasteiger partial charge in [-0.3, -0.25) is 23.8 Å². The number of ether oxygens (including phenoxy) is 4. The summed E-state index contributed by atoms with van der Waals surface area (Å²) in [5, 5.41) is 2.58. The van der Waals surface area contributed by atoms with E-state index in [4.69, 9.17) is 18.9 Å². The molecule has 3 heterocycles. The fourth-order valence-electron chi connectivity index (χ4n) is 7.69. The van der Waals surface area contributed by atoms with E-state index in [1.54, 1.807) is 32.0 Å². The van der Waals surface area contributed by atoms with Crippen LogP contribution in [0.3, 0.4) is 0 Å². The molecule has 0 aromatic heterocycles. The smallest absolute Gasteiger partial charge is 0.407 e. The average Bonchev–Trinajstić information content (AvgIpc) is 3.69. The number of carbonyl (C=O) groups is 6. The van der Waals surface area contributed by atoms with Crippen molar-refractivity contribution in [1.29, 1.82) is 0 Å². The second kappa shape index (κ2) is 15.3. The lowest BCUT2D eigenvalue weighted by Crippen LogP contribution is -2.56.